The molecule has 1 saturated heterocycles. The van der Waals surface area contributed by atoms with Gasteiger partial charge in [0.1, 0.15) is 6.61 Å². The molecule has 0 radical (unpaired) electrons. The number of fused-ring (bicyclic) bond motifs is 1. The molecule has 0 amide bonds. The van der Waals surface area contributed by atoms with Gasteiger partial charge in [0.25, 0.3) is 0 Å². The Balaban J connectivity index is 1.17. The minimum Gasteiger partial charge on any atom is -0.486 e. The van der Waals surface area contributed by atoms with Crippen molar-refractivity contribution in [3.63, 3.8) is 0 Å². The average Bonchev–Trinajstić information content (AvgIpc) is 2.64. The number of nitrogens with zero attached hydrogens (tertiary/aromatic N) is 1. The summed E-state index contributed by atoms with van der Waals surface area (Å²) in [5.41, 5.74) is 0. The molecular formula is C19H29NO4. The maximum absolute atomic E-state index is 5.88. The number of hydrogen-bond donors (Lipinski definition) is 0. The number of benzene rings is 1. The summed E-state index contributed by atoms with van der Waals surface area (Å²) < 4.78 is 22.7. The molecule has 24 heavy (non-hydrogen) atoms. The highest BCUT2D eigenvalue weighted by molar-refractivity contribution is 5.40. The first-order chi connectivity index (χ1) is 11.9. The number of para-hydroxylation sites is 2. The predicted molar refractivity (Wildman–Crippen MR) is 92.9 cm³/mol. The van der Waals surface area contributed by atoms with E-state index in [1.54, 1.807) is 0 Å². The van der Waals surface area contributed by atoms with E-state index < -0.39 is 0 Å². The van der Waals surface area contributed by atoms with Crippen LogP contribution in [0.15, 0.2) is 24.3 Å². The van der Waals surface area contributed by atoms with Crippen molar-refractivity contribution in [2.75, 3.05) is 52.7 Å². The molecule has 0 spiro atoms. The van der Waals surface area contributed by atoms with Crippen LogP contribution < -0.4 is 9.47 Å². The second-order valence-electron chi connectivity index (χ2n) is 6.44. The summed E-state index contributed by atoms with van der Waals surface area (Å²) in [6.45, 7) is 7.15. The van der Waals surface area contributed by atoms with E-state index in [0.717, 1.165) is 50.8 Å². The minimum absolute atomic E-state index is 0.00113. The van der Waals surface area contributed by atoms with Crippen LogP contribution in [-0.4, -0.2) is 63.7 Å². The highest BCUT2D eigenvalue weighted by Crippen LogP contribution is 2.30. The summed E-state index contributed by atoms with van der Waals surface area (Å²) in [4.78, 5) is 2.50. The van der Waals surface area contributed by atoms with Gasteiger partial charge >= 0.3 is 0 Å². The molecule has 1 unspecified atom stereocenters. The van der Waals surface area contributed by atoms with E-state index in [9.17, 15) is 0 Å². The van der Waals surface area contributed by atoms with E-state index in [0.29, 0.717) is 13.2 Å². The van der Waals surface area contributed by atoms with Gasteiger partial charge in [-0.05, 0) is 31.5 Å². The van der Waals surface area contributed by atoms with Crippen LogP contribution >= 0.6 is 0 Å². The van der Waals surface area contributed by atoms with Gasteiger partial charge in [-0.25, -0.2) is 0 Å². The zero-order valence-electron chi connectivity index (χ0n) is 14.5. The van der Waals surface area contributed by atoms with E-state index in [-0.39, 0.29) is 6.10 Å². The van der Waals surface area contributed by atoms with E-state index in [4.69, 9.17) is 18.9 Å². The lowest BCUT2D eigenvalue weighted by atomic mass is 10.2. The molecule has 1 aromatic rings. The van der Waals surface area contributed by atoms with Gasteiger partial charge in [0.15, 0.2) is 17.6 Å². The molecule has 0 bridgehead atoms. The van der Waals surface area contributed by atoms with Crippen LogP contribution in [0.3, 0.4) is 0 Å². The SMILES string of the molecule is c1ccc2c(c1)OCC(COCCCCCCN1CCOCC1)O2. The van der Waals surface area contributed by atoms with Gasteiger partial charge in [0.2, 0.25) is 0 Å². The Morgan fingerprint density at radius 2 is 1.79 bits per heavy atom. The topological polar surface area (TPSA) is 40.2 Å². The Bertz CT molecular complexity index is 476. The molecule has 1 atom stereocenters. The summed E-state index contributed by atoms with van der Waals surface area (Å²) in [5, 5.41) is 0. The van der Waals surface area contributed by atoms with Crippen molar-refractivity contribution in [1.82, 2.24) is 4.90 Å². The van der Waals surface area contributed by atoms with Gasteiger partial charge < -0.3 is 18.9 Å². The summed E-state index contributed by atoms with van der Waals surface area (Å²) in [5.74, 6) is 1.65. The number of hydrogen-bond acceptors (Lipinski definition) is 5. The fraction of sp³-hybridized carbons (Fsp3) is 0.684. The maximum Gasteiger partial charge on any atom is 0.161 e. The third-order valence-corrected chi connectivity index (χ3v) is 4.49. The van der Waals surface area contributed by atoms with Crippen LogP contribution in [0, 0.1) is 0 Å². The maximum atomic E-state index is 5.88. The third-order valence-electron chi connectivity index (χ3n) is 4.49. The summed E-state index contributed by atoms with van der Waals surface area (Å²) in [6, 6.07) is 7.79. The van der Waals surface area contributed by atoms with Gasteiger partial charge in [-0.2, -0.15) is 0 Å². The molecule has 0 aromatic heterocycles. The Labute approximate surface area is 144 Å². The van der Waals surface area contributed by atoms with Gasteiger partial charge in [0.05, 0.1) is 19.8 Å². The van der Waals surface area contributed by atoms with E-state index >= 15 is 0 Å². The Morgan fingerprint density at radius 3 is 2.67 bits per heavy atom. The number of unbranched alkanes of at least 4 members (excludes halogenated alkanes) is 3. The molecule has 5 heteroatoms. The third kappa shape index (κ3) is 5.65. The van der Waals surface area contributed by atoms with E-state index in [1.807, 2.05) is 24.3 Å². The molecule has 134 valence electrons. The molecule has 2 aliphatic heterocycles. The first kappa shape index (κ1) is 17.5. The zero-order valence-corrected chi connectivity index (χ0v) is 14.5. The number of morpholine rings is 1. The van der Waals surface area contributed by atoms with Crippen LogP contribution in [0.2, 0.25) is 0 Å². The van der Waals surface area contributed by atoms with Crippen molar-refractivity contribution >= 4 is 0 Å². The number of ether oxygens (including phenoxy) is 4. The van der Waals surface area contributed by atoms with Gasteiger partial charge in [-0.1, -0.05) is 25.0 Å². The van der Waals surface area contributed by atoms with E-state index in [1.165, 1.54) is 25.8 Å². The van der Waals surface area contributed by atoms with Crippen molar-refractivity contribution in [2.24, 2.45) is 0 Å². The molecule has 0 N–H and O–H groups in total. The van der Waals surface area contributed by atoms with Gasteiger partial charge in [-0.3, -0.25) is 4.90 Å². The van der Waals surface area contributed by atoms with Crippen molar-refractivity contribution in [1.29, 1.82) is 0 Å². The largest absolute Gasteiger partial charge is 0.486 e. The molecule has 2 heterocycles. The highest BCUT2D eigenvalue weighted by Gasteiger charge is 2.20. The molecule has 1 fully saturated rings. The number of rotatable bonds is 9. The molecule has 5 nitrogen and oxygen atoms in total. The normalized spacial score (nSPS) is 20.9. The molecular weight excluding hydrogens is 306 g/mol. The Hall–Kier alpha value is -1.30. The van der Waals surface area contributed by atoms with Crippen molar-refractivity contribution in [3.05, 3.63) is 24.3 Å². The standard InChI is InChI=1S/C19H29NO4/c1(5-9-20-10-13-21-14-11-20)2-6-12-22-15-17-16-23-18-7-3-4-8-19(18)24-17/h3-4,7-8,17H,1-2,5-6,9-16H2. The van der Waals surface area contributed by atoms with E-state index in [2.05, 4.69) is 4.90 Å². The lowest BCUT2D eigenvalue weighted by Crippen LogP contribution is -2.36. The molecule has 0 aliphatic carbocycles. The van der Waals surface area contributed by atoms with Crippen LogP contribution in [0.4, 0.5) is 0 Å². The van der Waals surface area contributed by atoms with Crippen molar-refractivity contribution < 1.29 is 18.9 Å². The van der Waals surface area contributed by atoms with Crippen molar-refractivity contribution in [3.8, 4) is 11.5 Å². The molecule has 1 aromatic carbocycles. The average molecular weight is 335 g/mol. The molecule has 2 aliphatic rings. The zero-order chi connectivity index (χ0) is 16.5. The second-order valence-corrected chi connectivity index (χ2v) is 6.44. The summed E-state index contributed by atoms with van der Waals surface area (Å²) in [6.07, 6.45) is 4.90. The van der Waals surface area contributed by atoms with Crippen LogP contribution in [0.1, 0.15) is 25.7 Å². The first-order valence-corrected chi connectivity index (χ1v) is 9.18. The smallest absolute Gasteiger partial charge is 0.161 e. The van der Waals surface area contributed by atoms with Gasteiger partial charge in [0, 0.05) is 19.7 Å². The Morgan fingerprint density at radius 1 is 1.00 bits per heavy atom. The molecule has 0 saturated carbocycles. The van der Waals surface area contributed by atoms with Crippen LogP contribution in [-0.2, 0) is 9.47 Å². The lowest BCUT2D eigenvalue weighted by molar-refractivity contribution is 0.00766. The van der Waals surface area contributed by atoms with Crippen LogP contribution in [0.25, 0.3) is 0 Å². The fourth-order valence-corrected chi connectivity index (χ4v) is 3.08. The van der Waals surface area contributed by atoms with Crippen LogP contribution in [0.5, 0.6) is 11.5 Å². The Kier molecular flexibility index (Phi) is 7.20. The second kappa shape index (κ2) is 9.87. The summed E-state index contributed by atoms with van der Waals surface area (Å²) >= 11 is 0. The highest BCUT2D eigenvalue weighted by atomic mass is 16.6. The lowest BCUT2D eigenvalue weighted by Gasteiger charge is -2.26. The predicted octanol–water partition coefficient (Wildman–Crippen LogP) is 2.74. The monoisotopic (exact) mass is 335 g/mol. The van der Waals surface area contributed by atoms with Crippen molar-refractivity contribution in [2.45, 2.75) is 31.8 Å². The first-order valence-electron chi connectivity index (χ1n) is 9.18. The fourth-order valence-electron chi connectivity index (χ4n) is 3.08. The van der Waals surface area contributed by atoms with Gasteiger partial charge in [-0.15, -0.1) is 0 Å². The summed E-state index contributed by atoms with van der Waals surface area (Å²) in [7, 11) is 0. The molecule has 3 rings (SSSR count). The quantitative estimate of drug-likeness (QED) is 0.649. The minimum atomic E-state index is 0.00113.